The van der Waals surface area contributed by atoms with E-state index in [0.717, 1.165) is 6.42 Å². The maximum absolute atomic E-state index is 12.0. The smallest absolute Gasteiger partial charge is 0.221 e. The van der Waals surface area contributed by atoms with Gasteiger partial charge in [0.05, 0.1) is 0 Å². The summed E-state index contributed by atoms with van der Waals surface area (Å²) in [5.74, 6) is 0.698. The van der Waals surface area contributed by atoms with Gasteiger partial charge < -0.3 is 10.1 Å². The van der Waals surface area contributed by atoms with E-state index in [1.165, 1.54) is 16.7 Å². The molecule has 1 N–H and O–H groups in total. The summed E-state index contributed by atoms with van der Waals surface area (Å²) in [5.41, 5.74) is 3.63. The summed E-state index contributed by atoms with van der Waals surface area (Å²) in [6.45, 7) is 5.69. The molecule has 4 heteroatoms. The van der Waals surface area contributed by atoms with E-state index in [0.29, 0.717) is 12.2 Å². The van der Waals surface area contributed by atoms with E-state index in [1.54, 1.807) is 11.3 Å². The van der Waals surface area contributed by atoms with Gasteiger partial charge in [0.2, 0.25) is 5.91 Å². The number of hydrogen-bond donors (Lipinski definition) is 1. The number of amides is 1. The average molecular weight is 313 g/mol. The van der Waals surface area contributed by atoms with E-state index < -0.39 is 0 Å². The van der Waals surface area contributed by atoms with E-state index in [1.807, 2.05) is 6.92 Å². The molecule has 1 amide bonds. The van der Waals surface area contributed by atoms with E-state index >= 15 is 0 Å². The molecule has 0 saturated carbocycles. The number of thiophene rings is 1. The normalized spacial score (nSPS) is 20.1. The zero-order chi connectivity index (χ0) is 15.5. The molecule has 3 nitrogen and oxygen atoms in total. The molecular weight excluding hydrogens is 294 g/mol. The van der Waals surface area contributed by atoms with Crippen molar-refractivity contribution in [3.63, 3.8) is 0 Å². The van der Waals surface area contributed by atoms with Crippen LogP contribution >= 0.6 is 11.3 Å². The molecule has 0 spiro atoms. The van der Waals surface area contributed by atoms with Crippen molar-refractivity contribution in [2.45, 2.75) is 31.9 Å². The molecule has 0 radical (unpaired) electrons. The Bertz CT molecular complexity index is 661. The lowest BCUT2D eigenvalue weighted by atomic mass is 10.0. The largest absolute Gasteiger partial charge is 0.491 e. The minimum absolute atomic E-state index is 0.0290. The van der Waals surface area contributed by atoms with Crippen LogP contribution in [-0.2, 0) is 16.0 Å². The first-order valence-corrected chi connectivity index (χ1v) is 8.34. The maximum Gasteiger partial charge on any atom is 0.221 e. The molecule has 1 aromatic carbocycles. The standard InChI is InChI=1S/C18H19NO2S/c1-12-18(13(2)21-12)19-17(20)8-5-14-3-6-15(7-4-14)16-9-10-22-11-16/h3-4,6-7,9-11,13,18H,1,5,8H2,2H3,(H,19,20)/t13-,18-/m0/s1. The van der Waals surface area contributed by atoms with E-state index in [-0.39, 0.29) is 18.1 Å². The third-order valence-corrected chi connectivity index (χ3v) is 4.60. The Morgan fingerprint density at radius 1 is 1.27 bits per heavy atom. The molecule has 2 aromatic rings. The summed E-state index contributed by atoms with van der Waals surface area (Å²) in [4.78, 5) is 12.0. The van der Waals surface area contributed by atoms with E-state index in [2.05, 4.69) is 53.0 Å². The molecule has 2 atom stereocenters. The predicted octanol–water partition coefficient (Wildman–Crippen LogP) is 3.76. The molecular formula is C18H19NO2S. The highest BCUT2D eigenvalue weighted by Gasteiger charge is 2.34. The SMILES string of the molecule is C=C1O[C@@H](C)[C@H]1NC(=O)CCc1ccc(-c2ccsc2)cc1. The van der Waals surface area contributed by atoms with Crippen molar-refractivity contribution in [2.75, 3.05) is 0 Å². The van der Waals surface area contributed by atoms with Crippen LogP contribution in [0.5, 0.6) is 0 Å². The second-order valence-corrected chi connectivity index (χ2v) is 6.32. The van der Waals surface area contributed by atoms with Gasteiger partial charge in [-0.25, -0.2) is 0 Å². The van der Waals surface area contributed by atoms with Gasteiger partial charge >= 0.3 is 0 Å². The summed E-state index contributed by atoms with van der Waals surface area (Å²) >= 11 is 1.70. The first-order chi connectivity index (χ1) is 10.6. The van der Waals surface area contributed by atoms with Gasteiger partial charge in [0.25, 0.3) is 0 Å². The lowest BCUT2D eigenvalue weighted by molar-refractivity contribution is -0.125. The molecule has 0 aliphatic carbocycles. The van der Waals surface area contributed by atoms with Gasteiger partial charge in [-0.05, 0) is 46.9 Å². The number of hydrogen-bond acceptors (Lipinski definition) is 3. The zero-order valence-electron chi connectivity index (χ0n) is 12.5. The van der Waals surface area contributed by atoms with Crippen molar-refractivity contribution in [3.05, 3.63) is 59.0 Å². The Morgan fingerprint density at radius 3 is 2.64 bits per heavy atom. The molecule has 1 fully saturated rings. The minimum atomic E-state index is -0.0338. The van der Waals surface area contributed by atoms with E-state index in [4.69, 9.17) is 4.74 Å². The lowest BCUT2D eigenvalue weighted by Gasteiger charge is -2.37. The monoisotopic (exact) mass is 313 g/mol. The van der Waals surface area contributed by atoms with Gasteiger partial charge in [-0.1, -0.05) is 30.8 Å². The highest BCUT2D eigenvalue weighted by molar-refractivity contribution is 7.08. The van der Waals surface area contributed by atoms with Crippen LogP contribution in [0.3, 0.4) is 0 Å². The summed E-state index contributed by atoms with van der Waals surface area (Å²) in [5, 5.41) is 7.17. The summed E-state index contributed by atoms with van der Waals surface area (Å²) in [6.07, 6.45) is 1.25. The Hall–Kier alpha value is -2.07. The van der Waals surface area contributed by atoms with Crippen LogP contribution in [0.4, 0.5) is 0 Å². The second kappa shape index (κ2) is 6.36. The number of carbonyl (C=O) groups is 1. The molecule has 1 saturated heterocycles. The number of ether oxygens (including phenoxy) is 1. The van der Waals surface area contributed by atoms with Crippen LogP contribution < -0.4 is 5.32 Å². The molecule has 22 heavy (non-hydrogen) atoms. The Kier molecular flexibility index (Phi) is 4.29. The first-order valence-electron chi connectivity index (χ1n) is 7.40. The fourth-order valence-electron chi connectivity index (χ4n) is 2.56. The van der Waals surface area contributed by atoms with Crippen LogP contribution in [0, 0.1) is 0 Å². The van der Waals surface area contributed by atoms with Crippen molar-refractivity contribution in [1.29, 1.82) is 0 Å². The quantitative estimate of drug-likeness (QED) is 0.912. The van der Waals surface area contributed by atoms with Crippen molar-refractivity contribution in [3.8, 4) is 11.1 Å². The predicted molar refractivity (Wildman–Crippen MR) is 89.7 cm³/mol. The van der Waals surface area contributed by atoms with E-state index in [9.17, 15) is 4.79 Å². The molecule has 2 heterocycles. The molecule has 0 unspecified atom stereocenters. The van der Waals surface area contributed by atoms with Crippen molar-refractivity contribution < 1.29 is 9.53 Å². The number of nitrogens with one attached hydrogen (secondary N) is 1. The van der Waals surface area contributed by atoms with Gasteiger partial charge in [-0.3, -0.25) is 4.79 Å². The average Bonchev–Trinajstić information content (AvgIpc) is 3.06. The van der Waals surface area contributed by atoms with Gasteiger partial charge in [0.15, 0.2) is 0 Å². The van der Waals surface area contributed by atoms with Crippen LogP contribution in [0.2, 0.25) is 0 Å². The number of carbonyl (C=O) groups excluding carboxylic acids is 1. The lowest BCUT2D eigenvalue weighted by Crippen LogP contribution is -2.52. The zero-order valence-corrected chi connectivity index (χ0v) is 13.4. The number of benzene rings is 1. The molecule has 1 aliphatic heterocycles. The molecule has 0 bridgehead atoms. The number of rotatable bonds is 5. The Labute approximate surface area is 134 Å². The minimum Gasteiger partial charge on any atom is -0.491 e. The van der Waals surface area contributed by atoms with Gasteiger partial charge in [-0.2, -0.15) is 11.3 Å². The summed E-state index contributed by atoms with van der Waals surface area (Å²) < 4.78 is 5.26. The topological polar surface area (TPSA) is 38.3 Å². The van der Waals surface area contributed by atoms with Crippen LogP contribution in [0.25, 0.3) is 11.1 Å². The van der Waals surface area contributed by atoms with Crippen molar-refractivity contribution in [2.24, 2.45) is 0 Å². The van der Waals surface area contributed by atoms with Crippen molar-refractivity contribution in [1.82, 2.24) is 5.32 Å². The van der Waals surface area contributed by atoms with Gasteiger partial charge in [0.1, 0.15) is 17.9 Å². The molecule has 114 valence electrons. The highest BCUT2D eigenvalue weighted by atomic mass is 32.1. The second-order valence-electron chi connectivity index (χ2n) is 5.54. The van der Waals surface area contributed by atoms with Crippen molar-refractivity contribution >= 4 is 17.2 Å². The highest BCUT2D eigenvalue weighted by Crippen LogP contribution is 2.24. The summed E-state index contributed by atoms with van der Waals surface area (Å²) in [6, 6.07) is 10.5. The Morgan fingerprint density at radius 2 is 2.05 bits per heavy atom. The molecule has 3 rings (SSSR count). The fourth-order valence-corrected chi connectivity index (χ4v) is 3.23. The third-order valence-electron chi connectivity index (χ3n) is 3.92. The van der Waals surface area contributed by atoms with Crippen LogP contribution in [0.15, 0.2) is 53.4 Å². The maximum atomic E-state index is 12.0. The molecule has 1 aromatic heterocycles. The van der Waals surface area contributed by atoms with Crippen LogP contribution in [0.1, 0.15) is 18.9 Å². The summed E-state index contributed by atoms with van der Waals surface area (Å²) in [7, 11) is 0. The van der Waals surface area contributed by atoms with Crippen LogP contribution in [-0.4, -0.2) is 18.1 Å². The first kappa shape index (κ1) is 14.9. The Balaban J connectivity index is 1.51. The fraction of sp³-hybridized carbons (Fsp3) is 0.278. The van der Waals surface area contributed by atoms with Gasteiger partial charge in [-0.15, -0.1) is 0 Å². The molecule has 1 aliphatic rings. The van der Waals surface area contributed by atoms with Gasteiger partial charge in [0, 0.05) is 6.42 Å². The number of aryl methyl sites for hydroxylation is 1. The third kappa shape index (κ3) is 3.22.